The first kappa shape index (κ1) is 13.7. The van der Waals surface area contributed by atoms with Gasteiger partial charge in [0.15, 0.2) is 0 Å². The van der Waals surface area contributed by atoms with Crippen molar-refractivity contribution in [3.8, 4) is 0 Å². The predicted molar refractivity (Wildman–Crippen MR) is 77.5 cm³/mol. The van der Waals surface area contributed by atoms with Gasteiger partial charge in [0, 0.05) is 0 Å². The maximum absolute atomic E-state index is 5.79. The largest absolute Gasteiger partial charge is 0.494 e. The van der Waals surface area contributed by atoms with Crippen LogP contribution in [0.1, 0.15) is 77.0 Å². The summed E-state index contributed by atoms with van der Waals surface area (Å²) in [6.45, 7) is 0. The zero-order chi connectivity index (χ0) is 12.5. The van der Waals surface area contributed by atoms with Crippen LogP contribution in [0.3, 0.4) is 0 Å². The van der Waals surface area contributed by atoms with E-state index in [1.807, 2.05) is 6.26 Å². The van der Waals surface area contributed by atoms with Crippen molar-refractivity contribution in [3.63, 3.8) is 0 Å². The summed E-state index contributed by atoms with van der Waals surface area (Å²) in [5, 5.41) is 0. The highest BCUT2D eigenvalue weighted by molar-refractivity contribution is 5.11. The number of allylic oxidation sites excluding steroid dienone is 2. The average molecular weight is 248 g/mol. The molecule has 1 aliphatic carbocycles. The Morgan fingerprint density at radius 1 is 0.833 bits per heavy atom. The van der Waals surface area contributed by atoms with E-state index in [1.165, 1.54) is 77.0 Å². The second-order valence-corrected chi connectivity index (χ2v) is 5.72. The molecule has 0 aromatic heterocycles. The van der Waals surface area contributed by atoms with Crippen molar-refractivity contribution in [1.82, 2.24) is 0 Å². The highest BCUT2D eigenvalue weighted by Crippen LogP contribution is 2.25. The summed E-state index contributed by atoms with van der Waals surface area (Å²) in [5.41, 5.74) is 1.58. The number of hydrogen-bond donors (Lipinski definition) is 0. The van der Waals surface area contributed by atoms with E-state index >= 15 is 0 Å². The first-order chi connectivity index (χ1) is 8.97. The molecule has 0 bridgehead atoms. The lowest BCUT2D eigenvalue weighted by molar-refractivity contribution is 0.150. The number of hydrogen-bond acceptors (Lipinski definition) is 1. The summed E-state index contributed by atoms with van der Waals surface area (Å²) in [7, 11) is 0. The third-order valence-electron chi connectivity index (χ3n) is 4.17. The van der Waals surface area contributed by atoms with Gasteiger partial charge >= 0.3 is 0 Å². The van der Waals surface area contributed by atoms with Crippen LogP contribution in [0.5, 0.6) is 0 Å². The van der Waals surface area contributed by atoms with Crippen molar-refractivity contribution in [3.05, 3.63) is 24.0 Å². The van der Waals surface area contributed by atoms with Crippen LogP contribution in [-0.2, 0) is 4.74 Å². The zero-order valence-corrected chi connectivity index (χ0v) is 11.7. The Morgan fingerprint density at radius 2 is 1.56 bits per heavy atom. The second-order valence-electron chi connectivity index (χ2n) is 5.72. The van der Waals surface area contributed by atoms with Crippen molar-refractivity contribution in [2.45, 2.75) is 83.2 Å². The fourth-order valence-corrected chi connectivity index (χ4v) is 3.02. The normalized spacial score (nSPS) is 27.6. The quantitative estimate of drug-likeness (QED) is 0.555. The van der Waals surface area contributed by atoms with Crippen LogP contribution in [0.15, 0.2) is 24.0 Å². The minimum atomic E-state index is 0.387. The standard InChI is InChI=1S/C17H28O/c1-2-4-6-8-12-16(13-9-7-5-3-1)17-14-10-11-15-18-17/h11-12,15,17H,1-10,13-14H2. The molecule has 0 N–H and O–H groups in total. The molecule has 0 spiro atoms. The van der Waals surface area contributed by atoms with Gasteiger partial charge in [-0.15, -0.1) is 0 Å². The van der Waals surface area contributed by atoms with Crippen molar-refractivity contribution >= 4 is 0 Å². The van der Waals surface area contributed by atoms with Gasteiger partial charge in [-0.3, -0.25) is 0 Å². The molecule has 0 amide bonds. The predicted octanol–water partition coefficient (Wildman–Crippen LogP) is 5.52. The highest BCUT2D eigenvalue weighted by atomic mass is 16.5. The monoisotopic (exact) mass is 248 g/mol. The van der Waals surface area contributed by atoms with Crippen LogP contribution < -0.4 is 0 Å². The van der Waals surface area contributed by atoms with E-state index in [-0.39, 0.29) is 0 Å². The van der Waals surface area contributed by atoms with E-state index in [0.29, 0.717) is 6.10 Å². The fourth-order valence-electron chi connectivity index (χ4n) is 3.02. The van der Waals surface area contributed by atoms with E-state index in [2.05, 4.69) is 12.2 Å². The summed E-state index contributed by atoms with van der Waals surface area (Å²) >= 11 is 0. The van der Waals surface area contributed by atoms with Crippen molar-refractivity contribution < 1.29 is 4.74 Å². The van der Waals surface area contributed by atoms with Crippen molar-refractivity contribution in [2.24, 2.45) is 0 Å². The van der Waals surface area contributed by atoms with Crippen LogP contribution in [0.4, 0.5) is 0 Å². The Balaban J connectivity index is 1.88. The molecule has 1 heteroatoms. The fraction of sp³-hybridized carbons (Fsp3) is 0.765. The van der Waals surface area contributed by atoms with Gasteiger partial charge in [-0.1, -0.05) is 44.6 Å². The summed E-state index contributed by atoms with van der Waals surface area (Å²) in [6.07, 6.45) is 23.1. The van der Waals surface area contributed by atoms with Crippen LogP contribution in [0, 0.1) is 0 Å². The Morgan fingerprint density at radius 3 is 2.28 bits per heavy atom. The SMILES string of the molecule is C1=COC(C2=CCCCCCCCCCC2)CC1. The average Bonchev–Trinajstić information content (AvgIpc) is 2.40. The molecule has 2 aliphatic rings. The lowest BCUT2D eigenvalue weighted by Crippen LogP contribution is -2.16. The van der Waals surface area contributed by atoms with Gasteiger partial charge in [0.25, 0.3) is 0 Å². The third kappa shape index (κ3) is 4.88. The minimum absolute atomic E-state index is 0.387. The van der Waals surface area contributed by atoms with Crippen LogP contribution in [0.25, 0.3) is 0 Å². The maximum atomic E-state index is 5.79. The van der Waals surface area contributed by atoms with Crippen LogP contribution in [-0.4, -0.2) is 6.10 Å². The first-order valence-corrected chi connectivity index (χ1v) is 7.96. The Labute approximate surface area is 112 Å². The van der Waals surface area contributed by atoms with Crippen molar-refractivity contribution in [2.75, 3.05) is 0 Å². The van der Waals surface area contributed by atoms with Gasteiger partial charge in [-0.05, 0) is 50.2 Å². The van der Waals surface area contributed by atoms with Gasteiger partial charge in [-0.25, -0.2) is 0 Å². The summed E-state index contributed by atoms with van der Waals surface area (Å²) in [4.78, 5) is 0. The Hall–Kier alpha value is -0.720. The summed E-state index contributed by atoms with van der Waals surface area (Å²) < 4.78 is 5.79. The van der Waals surface area contributed by atoms with Gasteiger partial charge in [0.05, 0.1) is 6.26 Å². The van der Waals surface area contributed by atoms with Crippen molar-refractivity contribution in [1.29, 1.82) is 0 Å². The number of ether oxygens (including phenoxy) is 1. The Kier molecular flexibility index (Phi) is 6.39. The third-order valence-corrected chi connectivity index (χ3v) is 4.17. The molecular formula is C17H28O. The van der Waals surface area contributed by atoms with Crippen LogP contribution >= 0.6 is 0 Å². The molecule has 2 rings (SSSR count). The molecule has 1 nitrogen and oxygen atoms in total. The molecular weight excluding hydrogens is 220 g/mol. The molecule has 1 aliphatic heterocycles. The van der Waals surface area contributed by atoms with Crippen LogP contribution in [0.2, 0.25) is 0 Å². The van der Waals surface area contributed by atoms with Gasteiger partial charge < -0.3 is 4.74 Å². The molecule has 0 fully saturated rings. The van der Waals surface area contributed by atoms with E-state index in [4.69, 9.17) is 4.74 Å². The van der Waals surface area contributed by atoms with Gasteiger partial charge in [0.2, 0.25) is 0 Å². The molecule has 1 unspecified atom stereocenters. The van der Waals surface area contributed by atoms with E-state index in [1.54, 1.807) is 5.57 Å². The first-order valence-electron chi connectivity index (χ1n) is 7.96. The topological polar surface area (TPSA) is 9.23 Å². The molecule has 18 heavy (non-hydrogen) atoms. The molecule has 0 saturated heterocycles. The van der Waals surface area contributed by atoms with Gasteiger partial charge in [0.1, 0.15) is 6.10 Å². The lowest BCUT2D eigenvalue weighted by atomic mass is 9.95. The zero-order valence-electron chi connectivity index (χ0n) is 11.7. The molecule has 0 saturated carbocycles. The Bertz CT molecular complexity index is 277. The number of rotatable bonds is 1. The molecule has 0 aromatic carbocycles. The smallest absolute Gasteiger partial charge is 0.119 e. The molecule has 1 heterocycles. The van der Waals surface area contributed by atoms with E-state index < -0.39 is 0 Å². The maximum Gasteiger partial charge on any atom is 0.119 e. The molecule has 0 radical (unpaired) electrons. The second kappa shape index (κ2) is 8.39. The lowest BCUT2D eigenvalue weighted by Gasteiger charge is -2.23. The molecule has 0 aromatic rings. The van der Waals surface area contributed by atoms with E-state index in [9.17, 15) is 0 Å². The highest BCUT2D eigenvalue weighted by Gasteiger charge is 2.16. The summed E-state index contributed by atoms with van der Waals surface area (Å²) in [5.74, 6) is 0. The summed E-state index contributed by atoms with van der Waals surface area (Å²) in [6, 6.07) is 0. The molecule has 1 atom stereocenters. The van der Waals surface area contributed by atoms with E-state index in [0.717, 1.165) is 0 Å². The minimum Gasteiger partial charge on any atom is -0.494 e. The molecule has 102 valence electrons. The van der Waals surface area contributed by atoms with Gasteiger partial charge in [-0.2, -0.15) is 0 Å².